The molecule has 0 saturated heterocycles. The third kappa shape index (κ3) is 1.85. The summed E-state index contributed by atoms with van der Waals surface area (Å²) < 4.78 is 5.21. The third-order valence-electron chi connectivity index (χ3n) is 2.83. The van der Waals surface area contributed by atoms with Crippen molar-refractivity contribution in [2.24, 2.45) is 5.92 Å². The average Bonchev–Trinajstić information content (AvgIpc) is 2.65. The number of nitrogens with one attached hydrogen (secondary N) is 1. The zero-order chi connectivity index (χ0) is 9.97. The minimum absolute atomic E-state index is 0.491. The maximum absolute atomic E-state index is 5.21. The second-order valence-corrected chi connectivity index (χ2v) is 4.91. The van der Waals surface area contributed by atoms with Gasteiger partial charge in [-0.25, -0.2) is 0 Å². The van der Waals surface area contributed by atoms with Gasteiger partial charge in [0, 0.05) is 24.6 Å². The van der Waals surface area contributed by atoms with Gasteiger partial charge in [0.15, 0.2) is 0 Å². The molecule has 0 aliphatic carbocycles. The molecular formula is C11H17NOS. The molecule has 1 aromatic heterocycles. The van der Waals surface area contributed by atoms with E-state index < -0.39 is 0 Å². The molecule has 0 bridgehead atoms. The van der Waals surface area contributed by atoms with Crippen LogP contribution in [0, 0.1) is 5.92 Å². The largest absolute Gasteiger partial charge is 0.384 e. The summed E-state index contributed by atoms with van der Waals surface area (Å²) in [6.45, 7) is 4.17. The first-order valence-electron chi connectivity index (χ1n) is 5.11. The predicted octanol–water partition coefficient (Wildman–Crippen LogP) is 2.22. The van der Waals surface area contributed by atoms with Crippen LogP contribution in [0.2, 0.25) is 0 Å². The Hall–Kier alpha value is -0.380. The standard InChI is InChI=1S/C11H17NOS/c1-8(7-13-2)11-9-4-6-14-10(9)3-5-12-11/h4,6,8,11-12H,3,5,7H2,1-2H3. The van der Waals surface area contributed by atoms with E-state index in [2.05, 4.69) is 23.7 Å². The Morgan fingerprint density at radius 1 is 1.71 bits per heavy atom. The molecule has 1 aliphatic heterocycles. The smallest absolute Gasteiger partial charge is 0.0506 e. The van der Waals surface area contributed by atoms with Crippen LogP contribution < -0.4 is 5.32 Å². The zero-order valence-electron chi connectivity index (χ0n) is 8.75. The molecule has 0 saturated carbocycles. The van der Waals surface area contributed by atoms with E-state index in [4.69, 9.17) is 4.74 Å². The summed E-state index contributed by atoms with van der Waals surface area (Å²) in [5, 5.41) is 5.77. The van der Waals surface area contributed by atoms with Crippen molar-refractivity contribution in [3.8, 4) is 0 Å². The average molecular weight is 211 g/mol. The zero-order valence-corrected chi connectivity index (χ0v) is 9.56. The third-order valence-corrected chi connectivity index (χ3v) is 3.83. The summed E-state index contributed by atoms with van der Waals surface area (Å²) in [6.07, 6.45) is 1.18. The molecule has 3 heteroatoms. The Morgan fingerprint density at radius 2 is 2.57 bits per heavy atom. The van der Waals surface area contributed by atoms with E-state index in [0.717, 1.165) is 13.2 Å². The van der Waals surface area contributed by atoms with Crippen molar-refractivity contribution in [3.63, 3.8) is 0 Å². The lowest BCUT2D eigenvalue weighted by Crippen LogP contribution is -2.34. The Balaban J connectivity index is 2.15. The molecule has 0 radical (unpaired) electrons. The van der Waals surface area contributed by atoms with Crippen molar-refractivity contribution >= 4 is 11.3 Å². The molecule has 0 aromatic carbocycles. The molecule has 1 aromatic rings. The monoisotopic (exact) mass is 211 g/mol. The Kier molecular flexibility index (Phi) is 3.21. The van der Waals surface area contributed by atoms with Gasteiger partial charge in [0.05, 0.1) is 6.61 Å². The van der Waals surface area contributed by atoms with E-state index in [-0.39, 0.29) is 0 Å². The number of hydrogen-bond donors (Lipinski definition) is 1. The lowest BCUT2D eigenvalue weighted by molar-refractivity contribution is 0.138. The highest BCUT2D eigenvalue weighted by molar-refractivity contribution is 7.10. The van der Waals surface area contributed by atoms with Crippen molar-refractivity contribution in [2.45, 2.75) is 19.4 Å². The van der Waals surface area contributed by atoms with Gasteiger partial charge in [-0.05, 0) is 29.3 Å². The summed E-state index contributed by atoms with van der Waals surface area (Å²) in [5.74, 6) is 0.550. The number of fused-ring (bicyclic) bond motifs is 1. The van der Waals surface area contributed by atoms with Gasteiger partial charge in [-0.15, -0.1) is 11.3 Å². The van der Waals surface area contributed by atoms with Crippen molar-refractivity contribution in [3.05, 3.63) is 21.9 Å². The summed E-state index contributed by atoms with van der Waals surface area (Å²) >= 11 is 1.88. The van der Waals surface area contributed by atoms with Crippen LogP contribution in [0.5, 0.6) is 0 Å². The summed E-state index contributed by atoms with van der Waals surface area (Å²) in [6, 6.07) is 2.74. The van der Waals surface area contributed by atoms with E-state index in [1.807, 2.05) is 11.3 Å². The van der Waals surface area contributed by atoms with Gasteiger partial charge in [-0.2, -0.15) is 0 Å². The number of methoxy groups -OCH3 is 1. The van der Waals surface area contributed by atoms with Crippen LogP contribution in [0.25, 0.3) is 0 Å². The van der Waals surface area contributed by atoms with E-state index in [0.29, 0.717) is 12.0 Å². The fourth-order valence-corrected chi connectivity index (χ4v) is 3.08. The van der Waals surface area contributed by atoms with Crippen LogP contribution in [-0.2, 0) is 11.2 Å². The molecule has 0 spiro atoms. The van der Waals surface area contributed by atoms with E-state index in [1.165, 1.54) is 12.0 Å². The van der Waals surface area contributed by atoms with E-state index in [9.17, 15) is 0 Å². The van der Waals surface area contributed by atoms with Crippen molar-refractivity contribution in [1.29, 1.82) is 0 Å². The van der Waals surface area contributed by atoms with Gasteiger partial charge in [-0.3, -0.25) is 0 Å². The van der Waals surface area contributed by atoms with E-state index >= 15 is 0 Å². The van der Waals surface area contributed by atoms with Crippen LogP contribution in [0.3, 0.4) is 0 Å². The van der Waals surface area contributed by atoms with Gasteiger partial charge in [0.1, 0.15) is 0 Å². The lowest BCUT2D eigenvalue weighted by atomic mass is 9.92. The molecular weight excluding hydrogens is 194 g/mol. The van der Waals surface area contributed by atoms with Crippen LogP contribution >= 0.6 is 11.3 Å². The van der Waals surface area contributed by atoms with Gasteiger partial charge >= 0.3 is 0 Å². The quantitative estimate of drug-likeness (QED) is 0.827. The number of hydrogen-bond acceptors (Lipinski definition) is 3. The maximum atomic E-state index is 5.21. The first-order chi connectivity index (χ1) is 6.83. The highest BCUT2D eigenvalue weighted by atomic mass is 32.1. The minimum Gasteiger partial charge on any atom is -0.384 e. The van der Waals surface area contributed by atoms with E-state index in [1.54, 1.807) is 12.0 Å². The molecule has 0 amide bonds. The number of thiophene rings is 1. The molecule has 14 heavy (non-hydrogen) atoms. The topological polar surface area (TPSA) is 21.3 Å². The van der Waals surface area contributed by atoms with Crippen molar-refractivity contribution in [1.82, 2.24) is 5.32 Å². The summed E-state index contributed by atoms with van der Waals surface area (Å²) in [7, 11) is 1.77. The number of rotatable bonds is 3. The van der Waals surface area contributed by atoms with Gasteiger partial charge in [0.25, 0.3) is 0 Å². The molecule has 2 atom stereocenters. The Morgan fingerprint density at radius 3 is 3.36 bits per heavy atom. The maximum Gasteiger partial charge on any atom is 0.0506 e. The SMILES string of the molecule is COCC(C)C1NCCc2sccc21. The molecule has 0 fully saturated rings. The Labute approximate surface area is 89.3 Å². The molecule has 1 N–H and O–H groups in total. The fourth-order valence-electron chi connectivity index (χ4n) is 2.15. The van der Waals surface area contributed by atoms with Crippen LogP contribution in [0.15, 0.2) is 11.4 Å². The summed E-state index contributed by atoms with van der Waals surface area (Å²) in [4.78, 5) is 1.55. The first kappa shape index (κ1) is 10.1. The highest BCUT2D eigenvalue weighted by Gasteiger charge is 2.25. The Bertz CT molecular complexity index is 297. The molecule has 1 aliphatic rings. The fraction of sp³-hybridized carbons (Fsp3) is 0.636. The second-order valence-electron chi connectivity index (χ2n) is 3.91. The highest BCUT2D eigenvalue weighted by Crippen LogP contribution is 2.32. The molecule has 2 heterocycles. The predicted molar refractivity (Wildman–Crippen MR) is 59.8 cm³/mol. The van der Waals surface area contributed by atoms with Gasteiger partial charge in [0.2, 0.25) is 0 Å². The van der Waals surface area contributed by atoms with Crippen LogP contribution in [-0.4, -0.2) is 20.3 Å². The van der Waals surface area contributed by atoms with Crippen LogP contribution in [0.1, 0.15) is 23.4 Å². The van der Waals surface area contributed by atoms with Crippen molar-refractivity contribution in [2.75, 3.05) is 20.3 Å². The molecule has 2 nitrogen and oxygen atoms in total. The number of ether oxygens (including phenoxy) is 1. The van der Waals surface area contributed by atoms with Gasteiger partial charge in [-0.1, -0.05) is 6.92 Å². The van der Waals surface area contributed by atoms with Crippen molar-refractivity contribution < 1.29 is 4.74 Å². The minimum atomic E-state index is 0.491. The molecule has 78 valence electrons. The normalized spacial score (nSPS) is 23.1. The van der Waals surface area contributed by atoms with Crippen LogP contribution in [0.4, 0.5) is 0 Å². The first-order valence-corrected chi connectivity index (χ1v) is 5.99. The summed E-state index contributed by atoms with van der Waals surface area (Å²) in [5.41, 5.74) is 1.49. The second kappa shape index (κ2) is 4.43. The molecule has 2 rings (SSSR count). The molecule has 2 unspecified atom stereocenters. The lowest BCUT2D eigenvalue weighted by Gasteiger charge is -2.29. The van der Waals surface area contributed by atoms with Gasteiger partial charge < -0.3 is 10.1 Å².